The highest BCUT2D eigenvalue weighted by atomic mass is 35.5. The number of carbonyl (C=O) groups is 1. The molecule has 0 amide bonds. The Bertz CT molecular complexity index is 778. The number of ether oxygens (including phenoxy) is 2. The summed E-state index contributed by atoms with van der Waals surface area (Å²) in [6, 6.07) is 14.3. The number of rotatable bonds is 4. The van der Waals surface area contributed by atoms with Gasteiger partial charge in [-0.05, 0) is 17.7 Å². The van der Waals surface area contributed by atoms with Crippen molar-refractivity contribution < 1.29 is 18.8 Å². The molecule has 3 rings (SSSR count). The Morgan fingerprint density at radius 1 is 1.24 bits per heavy atom. The van der Waals surface area contributed by atoms with Crippen molar-refractivity contribution in [3.63, 3.8) is 0 Å². The van der Waals surface area contributed by atoms with Crippen LogP contribution in [-0.2, 0) is 16.0 Å². The molecule has 0 unspecified atom stereocenters. The van der Waals surface area contributed by atoms with E-state index in [0.29, 0.717) is 21.8 Å². The van der Waals surface area contributed by atoms with Gasteiger partial charge in [0.2, 0.25) is 0 Å². The number of carbonyl (C=O) groups excluding carboxylic acids is 1. The largest absolute Gasteiger partial charge is 0.495 e. The molecule has 0 aromatic heterocycles. The van der Waals surface area contributed by atoms with Crippen molar-refractivity contribution in [2.45, 2.75) is 12.5 Å². The summed E-state index contributed by atoms with van der Waals surface area (Å²) in [6.45, 7) is 1.16. The van der Waals surface area contributed by atoms with Gasteiger partial charge in [0, 0.05) is 17.5 Å². The van der Waals surface area contributed by atoms with Gasteiger partial charge in [0.25, 0.3) is 0 Å². The zero-order valence-corrected chi connectivity index (χ0v) is 15.5. The Hall–Kier alpha value is -2.04. The lowest BCUT2D eigenvalue weighted by atomic mass is 9.86. The Morgan fingerprint density at radius 3 is 2.60 bits per heavy atom. The number of halogens is 1. The van der Waals surface area contributed by atoms with Crippen LogP contribution in [0.3, 0.4) is 0 Å². The number of likely N-dealkylation sites (N-methyl/N-ethyl adjacent to an activating group) is 1. The molecule has 0 spiro atoms. The lowest BCUT2D eigenvalue weighted by molar-refractivity contribution is -0.928. The predicted molar refractivity (Wildman–Crippen MR) is 97.9 cm³/mol. The first-order chi connectivity index (χ1) is 12.0. The van der Waals surface area contributed by atoms with Crippen molar-refractivity contribution in [2.75, 3.05) is 34.4 Å². The number of fused-ring (bicyclic) bond motifs is 1. The molecule has 0 fully saturated rings. The fraction of sp³-hybridized carbons (Fsp3) is 0.350. The van der Waals surface area contributed by atoms with Gasteiger partial charge in [-0.25, -0.2) is 4.79 Å². The second-order valence-corrected chi connectivity index (χ2v) is 7.09. The van der Waals surface area contributed by atoms with E-state index < -0.39 is 0 Å². The lowest BCUT2D eigenvalue weighted by Crippen LogP contribution is -2.54. The van der Waals surface area contributed by atoms with Crippen molar-refractivity contribution in [3.8, 4) is 5.75 Å². The smallest absolute Gasteiger partial charge is 0.361 e. The molecule has 2 aromatic carbocycles. The van der Waals surface area contributed by atoms with Gasteiger partial charge in [-0.2, -0.15) is 0 Å². The van der Waals surface area contributed by atoms with Crippen molar-refractivity contribution in [3.05, 3.63) is 64.2 Å². The summed E-state index contributed by atoms with van der Waals surface area (Å²) in [6.07, 6.45) is 0.857. The summed E-state index contributed by atoms with van der Waals surface area (Å²) >= 11 is 6.33. The number of hydrogen-bond acceptors (Lipinski definition) is 3. The normalized spacial score (nSPS) is 22.2. The summed E-state index contributed by atoms with van der Waals surface area (Å²) in [5.41, 5.74) is 3.53. The first kappa shape index (κ1) is 17.8. The topological polar surface area (TPSA) is 35.5 Å². The van der Waals surface area contributed by atoms with Crippen LogP contribution in [0.4, 0.5) is 0 Å². The van der Waals surface area contributed by atoms with Crippen molar-refractivity contribution in [1.82, 2.24) is 0 Å². The Morgan fingerprint density at radius 2 is 1.96 bits per heavy atom. The molecule has 1 aliphatic heterocycles. The standard InChI is InChI=1S/C20H23ClNO3/c1-22(13-19(23)25-3)10-9-15-11-17(21)18(24-2)12-16(15)20(22)14-7-5-4-6-8-14/h4-8,11-12,20H,9-10,13H2,1-3H3/q+1/t20-,22+/m1/s1. The summed E-state index contributed by atoms with van der Waals surface area (Å²) < 4.78 is 11.0. The van der Waals surface area contributed by atoms with Crippen LogP contribution in [-0.4, -0.2) is 44.8 Å². The van der Waals surface area contributed by atoms with Crippen molar-refractivity contribution >= 4 is 17.6 Å². The molecular weight excluding hydrogens is 338 g/mol. The molecule has 5 heteroatoms. The SMILES string of the molecule is COC(=O)C[N@+]1(C)CCc2cc(Cl)c(OC)cc2[C@H]1c1ccccc1. The number of esters is 1. The maximum Gasteiger partial charge on any atom is 0.361 e. The molecule has 1 heterocycles. The zero-order valence-electron chi connectivity index (χ0n) is 14.8. The lowest BCUT2D eigenvalue weighted by Gasteiger charge is -2.45. The number of quaternary nitrogens is 1. The minimum atomic E-state index is -0.201. The van der Waals surface area contributed by atoms with Gasteiger partial charge < -0.3 is 14.0 Å². The van der Waals surface area contributed by atoms with Crippen LogP contribution in [0.2, 0.25) is 5.02 Å². The summed E-state index contributed by atoms with van der Waals surface area (Å²) in [7, 11) is 5.17. The number of hydrogen-bond donors (Lipinski definition) is 0. The van der Waals surface area contributed by atoms with Gasteiger partial charge in [-0.15, -0.1) is 0 Å². The summed E-state index contributed by atoms with van der Waals surface area (Å²) in [5.74, 6) is 0.459. The van der Waals surface area contributed by atoms with E-state index in [1.54, 1.807) is 7.11 Å². The molecule has 2 aromatic rings. The van der Waals surface area contributed by atoms with E-state index in [-0.39, 0.29) is 12.0 Å². The molecule has 0 bridgehead atoms. The second kappa shape index (κ2) is 7.06. The third-order valence-electron chi connectivity index (χ3n) is 5.06. The molecule has 0 N–H and O–H groups in total. The average Bonchev–Trinajstić information content (AvgIpc) is 2.62. The highest BCUT2D eigenvalue weighted by Crippen LogP contribution is 2.43. The van der Waals surface area contributed by atoms with Gasteiger partial charge in [0.05, 0.1) is 32.8 Å². The van der Waals surface area contributed by atoms with Crippen LogP contribution in [0.15, 0.2) is 42.5 Å². The van der Waals surface area contributed by atoms with Gasteiger partial charge in [0.15, 0.2) is 6.54 Å². The van der Waals surface area contributed by atoms with E-state index in [0.717, 1.165) is 18.5 Å². The molecule has 2 atom stereocenters. The molecule has 25 heavy (non-hydrogen) atoms. The van der Waals surface area contributed by atoms with E-state index in [1.165, 1.54) is 18.2 Å². The van der Waals surface area contributed by atoms with Crippen LogP contribution < -0.4 is 4.74 Å². The third-order valence-corrected chi connectivity index (χ3v) is 5.35. The minimum Gasteiger partial charge on any atom is -0.495 e. The highest BCUT2D eigenvalue weighted by Gasteiger charge is 2.42. The molecule has 0 aliphatic carbocycles. The zero-order chi connectivity index (χ0) is 18.0. The Labute approximate surface area is 153 Å². The first-order valence-corrected chi connectivity index (χ1v) is 8.68. The van der Waals surface area contributed by atoms with Crippen LogP contribution in [0.25, 0.3) is 0 Å². The highest BCUT2D eigenvalue weighted by molar-refractivity contribution is 6.32. The molecule has 0 saturated heterocycles. The fourth-order valence-electron chi connectivity index (χ4n) is 3.78. The summed E-state index contributed by atoms with van der Waals surface area (Å²) in [5, 5.41) is 0.622. The number of nitrogens with zero attached hydrogens (tertiary/aromatic N) is 1. The Kier molecular flexibility index (Phi) is 5.02. The van der Waals surface area contributed by atoms with Gasteiger partial charge >= 0.3 is 5.97 Å². The van der Waals surface area contributed by atoms with E-state index >= 15 is 0 Å². The number of methoxy groups -OCH3 is 2. The second-order valence-electron chi connectivity index (χ2n) is 6.69. The van der Waals surface area contributed by atoms with E-state index in [9.17, 15) is 4.79 Å². The average molecular weight is 361 g/mol. The third kappa shape index (κ3) is 3.37. The van der Waals surface area contributed by atoms with E-state index in [4.69, 9.17) is 21.1 Å². The van der Waals surface area contributed by atoms with Gasteiger partial charge in [-0.3, -0.25) is 0 Å². The van der Waals surface area contributed by atoms with Crippen LogP contribution in [0.1, 0.15) is 22.7 Å². The maximum atomic E-state index is 12.1. The monoisotopic (exact) mass is 360 g/mol. The van der Waals surface area contributed by atoms with Gasteiger partial charge in [-0.1, -0.05) is 41.9 Å². The molecule has 1 aliphatic rings. The van der Waals surface area contributed by atoms with Crippen LogP contribution in [0.5, 0.6) is 5.75 Å². The van der Waals surface area contributed by atoms with Crippen molar-refractivity contribution in [2.24, 2.45) is 0 Å². The molecule has 132 valence electrons. The fourth-order valence-corrected chi connectivity index (χ4v) is 4.05. The summed E-state index contributed by atoms with van der Waals surface area (Å²) in [4.78, 5) is 12.1. The van der Waals surface area contributed by atoms with E-state index in [1.807, 2.05) is 30.3 Å². The first-order valence-electron chi connectivity index (χ1n) is 8.31. The van der Waals surface area contributed by atoms with Crippen molar-refractivity contribution in [1.29, 1.82) is 0 Å². The van der Waals surface area contributed by atoms with Gasteiger partial charge in [0.1, 0.15) is 11.8 Å². The molecular formula is C20H23ClNO3+. The van der Waals surface area contributed by atoms with Crippen LogP contribution in [0, 0.1) is 0 Å². The van der Waals surface area contributed by atoms with E-state index in [2.05, 4.69) is 19.2 Å². The quantitative estimate of drug-likeness (QED) is 0.617. The maximum absolute atomic E-state index is 12.1. The number of benzene rings is 2. The Balaban J connectivity index is 2.16. The molecule has 4 nitrogen and oxygen atoms in total. The minimum absolute atomic E-state index is 0.0233. The molecule has 0 saturated carbocycles. The predicted octanol–water partition coefficient (Wildman–Crippen LogP) is 3.61. The van der Waals surface area contributed by atoms with Crippen LogP contribution >= 0.6 is 11.6 Å². The molecule has 0 radical (unpaired) electrons.